The van der Waals surface area contributed by atoms with Crippen LogP contribution >= 0.6 is 0 Å². The highest BCUT2D eigenvalue weighted by Crippen LogP contribution is 2.21. The monoisotopic (exact) mass is 277 g/mol. The second kappa shape index (κ2) is 5.63. The van der Waals surface area contributed by atoms with Crippen molar-refractivity contribution in [2.45, 2.75) is 6.54 Å². The van der Waals surface area contributed by atoms with Gasteiger partial charge in [0.25, 0.3) is 0 Å². The van der Waals surface area contributed by atoms with Gasteiger partial charge in [-0.1, -0.05) is 30.3 Å². The van der Waals surface area contributed by atoms with Crippen molar-refractivity contribution in [2.24, 2.45) is 5.73 Å². The van der Waals surface area contributed by atoms with Crippen LogP contribution in [-0.4, -0.2) is 10.9 Å². The zero-order valence-corrected chi connectivity index (χ0v) is 11.4. The van der Waals surface area contributed by atoms with Crippen LogP contribution in [0.15, 0.2) is 60.8 Å². The van der Waals surface area contributed by atoms with E-state index in [4.69, 9.17) is 5.73 Å². The molecule has 0 aliphatic carbocycles. The van der Waals surface area contributed by atoms with Crippen molar-refractivity contribution >= 4 is 22.5 Å². The molecular weight excluding hydrogens is 262 g/mol. The molecule has 3 aromatic rings. The molecule has 3 N–H and O–H groups in total. The highest BCUT2D eigenvalue weighted by molar-refractivity contribution is 5.92. The lowest BCUT2D eigenvalue weighted by molar-refractivity contribution is 0.100. The minimum atomic E-state index is -0.409. The minimum Gasteiger partial charge on any atom is -0.379 e. The molecule has 0 radical (unpaired) electrons. The molecule has 0 aliphatic heterocycles. The molecule has 1 aromatic heterocycles. The van der Waals surface area contributed by atoms with Crippen LogP contribution in [0.2, 0.25) is 0 Å². The Morgan fingerprint density at radius 1 is 1.05 bits per heavy atom. The highest BCUT2D eigenvalue weighted by atomic mass is 16.1. The summed E-state index contributed by atoms with van der Waals surface area (Å²) >= 11 is 0. The van der Waals surface area contributed by atoms with Crippen LogP contribution < -0.4 is 11.1 Å². The van der Waals surface area contributed by atoms with Gasteiger partial charge in [-0.15, -0.1) is 0 Å². The van der Waals surface area contributed by atoms with E-state index in [1.165, 1.54) is 0 Å². The van der Waals surface area contributed by atoms with Crippen molar-refractivity contribution in [3.05, 3.63) is 71.9 Å². The predicted molar refractivity (Wildman–Crippen MR) is 84.0 cm³/mol. The fourth-order valence-corrected chi connectivity index (χ4v) is 2.23. The predicted octanol–water partition coefficient (Wildman–Crippen LogP) is 2.95. The first-order chi connectivity index (χ1) is 10.2. The number of fused-ring (bicyclic) bond motifs is 1. The van der Waals surface area contributed by atoms with Crippen molar-refractivity contribution in [3.8, 4) is 0 Å². The number of carbonyl (C=O) groups is 1. The molecule has 0 unspecified atom stereocenters. The Morgan fingerprint density at radius 3 is 2.57 bits per heavy atom. The number of primary amides is 1. The van der Waals surface area contributed by atoms with Gasteiger partial charge in [0, 0.05) is 23.7 Å². The lowest BCUT2D eigenvalue weighted by Crippen LogP contribution is -2.10. The number of nitrogens with two attached hydrogens (primary N) is 1. The summed E-state index contributed by atoms with van der Waals surface area (Å²) in [5.41, 5.74) is 8.77. The molecule has 0 atom stereocenters. The number of para-hydroxylation sites is 1. The topological polar surface area (TPSA) is 68.0 Å². The van der Waals surface area contributed by atoms with E-state index in [9.17, 15) is 4.79 Å². The van der Waals surface area contributed by atoms with Crippen LogP contribution in [0.3, 0.4) is 0 Å². The number of carbonyl (C=O) groups excluding carboxylic acids is 1. The Hall–Kier alpha value is -2.88. The summed E-state index contributed by atoms with van der Waals surface area (Å²) in [6, 6.07) is 17.3. The van der Waals surface area contributed by atoms with Gasteiger partial charge in [0.2, 0.25) is 5.91 Å². The molecule has 4 heteroatoms. The van der Waals surface area contributed by atoms with Gasteiger partial charge in [-0.25, -0.2) is 0 Å². The number of benzene rings is 2. The SMILES string of the molecule is NC(=O)c1ccc(CNc2cccc3cccnc23)cc1. The molecular formula is C17H15N3O. The van der Waals surface area contributed by atoms with Crippen LogP contribution in [0.5, 0.6) is 0 Å². The Kier molecular flexibility index (Phi) is 3.51. The fourth-order valence-electron chi connectivity index (χ4n) is 2.23. The summed E-state index contributed by atoms with van der Waals surface area (Å²) in [4.78, 5) is 15.4. The molecule has 104 valence electrons. The molecule has 0 fully saturated rings. The standard InChI is InChI=1S/C17H15N3O/c18-17(21)14-8-6-12(7-9-14)11-20-15-5-1-3-13-4-2-10-19-16(13)15/h1-10,20H,11H2,(H2,18,21). The van der Waals surface area contributed by atoms with Gasteiger partial charge in [0.1, 0.15) is 0 Å². The smallest absolute Gasteiger partial charge is 0.248 e. The summed E-state index contributed by atoms with van der Waals surface area (Å²) in [7, 11) is 0. The van der Waals surface area contributed by atoms with Crippen molar-refractivity contribution in [2.75, 3.05) is 5.32 Å². The second-order valence-electron chi connectivity index (χ2n) is 4.80. The van der Waals surface area contributed by atoms with Gasteiger partial charge < -0.3 is 11.1 Å². The number of pyridine rings is 1. The van der Waals surface area contributed by atoms with Crippen LogP contribution in [0.25, 0.3) is 10.9 Å². The largest absolute Gasteiger partial charge is 0.379 e. The van der Waals surface area contributed by atoms with E-state index in [1.54, 1.807) is 18.3 Å². The summed E-state index contributed by atoms with van der Waals surface area (Å²) < 4.78 is 0. The van der Waals surface area contributed by atoms with Gasteiger partial charge in [-0.2, -0.15) is 0 Å². The van der Waals surface area contributed by atoms with Crippen LogP contribution in [0, 0.1) is 0 Å². The maximum absolute atomic E-state index is 11.0. The van der Waals surface area contributed by atoms with Crippen LogP contribution in [0.4, 0.5) is 5.69 Å². The molecule has 0 aliphatic rings. The summed E-state index contributed by atoms with van der Waals surface area (Å²) in [5.74, 6) is -0.409. The van der Waals surface area contributed by atoms with Crippen molar-refractivity contribution in [1.29, 1.82) is 0 Å². The highest BCUT2D eigenvalue weighted by Gasteiger charge is 2.02. The van der Waals surface area contributed by atoms with Crippen LogP contribution in [-0.2, 0) is 6.54 Å². The third-order valence-electron chi connectivity index (χ3n) is 3.35. The molecule has 0 spiro atoms. The lowest BCUT2D eigenvalue weighted by Gasteiger charge is -2.09. The number of hydrogen-bond donors (Lipinski definition) is 2. The summed E-state index contributed by atoms with van der Waals surface area (Å²) in [6.07, 6.45) is 1.79. The average Bonchev–Trinajstić information content (AvgIpc) is 2.53. The van der Waals surface area contributed by atoms with E-state index in [0.717, 1.165) is 22.2 Å². The second-order valence-corrected chi connectivity index (χ2v) is 4.80. The summed E-state index contributed by atoms with van der Waals surface area (Å²) in [5, 5.41) is 4.48. The molecule has 1 heterocycles. The van der Waals surface area contributed by atoms with Gasteiger partial charge in [-0.3, -0.25) is 9.78 Å². The number of nitrogens with one attached hydrogen (secondary N) is 1. The zero-order chi connectivity index (χ0) is 14.7. The first-order valence-electron chi connectivity index (χ1n) is 6.70. The normalized spacial score (nSPS) is 10.5. The van der Waals surface area contributed by atoms with Crippen molar-refractivity contribution in [3.63, 3.8) is 0 Å². The van der Waals surface area contributed by atoms with Gasteiger partial charge in [0.05, 0.1) is 11.2 Å². The molecule has 0 bridgehead atoms. The molecule has 2 aromatic carbocycles. The number of rotatable bonds is 4. The van der Waals surface area contributed by atoms with E-state index in [1.807, 2.05) is 42.5 Å². The van der Waals surface area contributed by atoms with E-state index in [0.29, 0.717) is 12.1 Å². The maximum Gasteiger partial charge on any atom is 0.248 e. The fraction of sp³-hybridized carbons (Fsp3) is 0.0588. The van der Waals surface area contributed by atoms with E-state index in [-0.39, 0.29) is 0 Å². The molecule has 0 saturated heterocycles. The van der Waals surface area contributed by atoms with E-state index >= 15 is 0 Å². The Bertz CT molecular complexity index is 776. The molecule has 1 amide bonds. The number of nitrogens with zero attached hydrogens (tertiary/aromatic N) is 1. The third-order valence-corrected chi connectivity index (χ3v) is 3.35. The quantitative estimate of drug-likeness (QED) is 0.770. The molecule has 21 heavy (non-hydrogen) atoms. The molecule has 3 rings (SSSR count). The average molecular weight is 277 g/mol. The number of aromatic nitrogens is 1. The van der Waals surface area contributed by atoms with Crippen molar-refractivity contribution < 1.29 is 4.79 Å². The molecule has 4 nitrogen and oxygen atoms in total. The first-order valence-corrected chi connectivity index (χ1v) is 6.70. The zero-order valence-electron chi connectivity index (χ0n) is 11.4. The maximum atomic E-state index is 11.0. The van der Waals surface area contributed by atoms with Gasteiger partial charge in [-0.05, 0) is 29.8 Å². The van der Waals surface area contributed by atoms with Gasteiger partial charge >= 0.3 is 0 Å². The van der Waals surface area contributed by atoms with Crippen molar-refractivity contribution in [1.82, 2.24) is 4.98 Å². The van der Waals surface area contributed by atoms with E-state index in [2.05, 4.69) is 10.3 Å². The number of amides is 1. The van der Waals surface area contributed by atoms with E-state index < -0.39 is 5.91 Å². The lowest BCUT2D eigenvalue weighted by atomic mass is 10.1. The number of anilines is 1. The van der Waals surface area contributed by atoms with Gasteiger partial charge in [0.15, 0.2) is 0 Å². The molecule has 0 saturated carbocycles. The Labute approximate surface area is 122 Å². The number of hydrogen-bond acceptors (Lipinski definition) is 3. The third kappa shape index (κ3) is 2.84. The van der Waals surface area contributed by atoms with Crippen LogP contribution in [0.1, 0.15) is 15.9 Å². The first kappa shape index (κ1) is 13.1. The summed E-state index contributed by atoms with van der Waals surface area (Å²) in [6.45, 7) is 0.661. The Morgan fingerprint density at radius 2 is 1.81 bits per heavy atom. The Balaban J connectivity index is 1.79. The minimum absolute atomic E-state index is 0.409.